The second kappa shape index (κ2) is 6.92. The summed E-state index contributed by atoms with van der Waals surface area (Å²) in [6.45, 7) is 5.03. The number of rotatable bonds is 4. The predicted molar refractivity (Wildman–Crippen MR) is 96.5 cm³/mol. The van der Waals surface area contributed by atoms with Gasteiger partial charge in [-0.25, -0.2) is 9.59 Å². The number of hydrogen-bond donors (Lipinski definition) is 1. The summed E-state index contributed by atoms with van der Waals surface area (Å²) in [5, 5.41) is 9.86. The molecule has 0 fully saturated rings. The number of hydrogen-bond acceptors (Lipinski definition) is 5. The number of carbonyl (C=O) groups is 2. The molecule has 0 heterocycles. The third-order valence-corrected chi connectivity index (χ3v) is 4.21. The van der Waals surface area contributed by atoms with Gasteiger partial charge in [-0.3, -0.25) is 0 Å². The minimum atomic E-state index is -1.94. The zero-order chi connectivity index (χ0) is 18.9. The molecule has 2 aromatic carbocycles. The first-order valence-electron chi connectivity index (χ1n) is 8.54. The molecule has 0 saturated heterocycles. The molecule has 0 radical (unpaired) electrons. The first-order valence-corrected chi connectivity index (χ1v) is 8.54. The lowest BCUT2D eigenvalue weighted by molar-refractivity contribution is -0.175. The van der Waals surface area contributed by atoms with E-state index >= 15 is 0 Å². The molecule has 1 aliphatic carbocycles. The van der Waals surface area contributed by atoms with Gasteiger partial charge in [0, 0.05) is 5.92 Å². The molecule has 2 aromatic rings. The largest absolute Gasteiger partial charge is 0.462 e. The minimum absolute atomic E-state index is 0.0483. The molecule has 26 heavy (non-hydrogen) atoms. The van der Waals surface area contributed by atoms with Crippen molar-refractivity contribution >= 4 is 11.9 Å². The van der Waals surface area contributed by atoms with Gasteiger partial charge in [0.2, 0.25) is 6.10 Å². The van der Waals surface area contributed by atoms with Crippen LogP contribution in [0.3, 0.4) is 0 Å². The molecule has 0 spiro atoms. The average molecular weight is 354 g/mol. The van der Waals surface area contributed by atoms with Crippen molar-refractivity contribution in [1.82, 2.24) is 0 Å². The molecule has 1 unspecified atom stereocenters. The highest BCUT2D eigenvalue weighted by Gasteiger charge is 2.33. The van der Waals surface area contributed by atoms with Gasteiger partial charge in [-0.1, -0.05) is 48.5 Å². The first kappa shape index (κ1) is 18.1. The van der Waals surface area contributed by atoms with Gasteiger partial charge in [0.15, 0.2) is 0 Å². The lowest BCUT2D eigenvalue weighted by atomic mass is 9.98. The summed E-state index contributed by atoms with van der Waals surface area (Å²) >= 11 is 0. The highest BCUT2D eigenvalue weighted by Crippen LogP contribution is 2.44. The molecule has 5 nitrogen and oxygen atoms in total. The van der Waals surface area contributed by atoms with Crippen LogP contribution in [-0.2, 0) is 19.1 Å². The third-order valence-electron chi connectivity index (χ3n) is 4.21. The Kier molecular flexibility index (Phi) is 4.83. The average Bonchev–Trinajstić information content (AvgIpc) is 2.91. The van der Waals surface area contributed by atoms with E-state index < -0.39 is 23.6 Å². The Labute approximate surface area is 152 Å². The zero-order valence-electron chi connectivity index (χ0n) is 15.1. The molecule has 136 valence electrons. The van der Waals surface area contributed by atoms with Gasteiger partial charge in [0.1, 0.15) is 12.2 Å². The molecule has 3 rings (SSSR count). The Morgan fingerprint density at radius 3 is 1.96 bits per heavy atom. The predicted octanol–water partition coefficient (Wildman–Crippen LogP) is 3.04. The van der Waals surface area contributed by atoms with Crippen LogP contribution in [0.2, 0.25) is 0 Å². The van der Waals surface area contributed by atoms with Crippen molar-refractivity contribution in [3.05, 3.63) is 59.7 Å². The van der Waals surface area contributed by atoms with E-state index in [1.165, 1.54) is 0 Å². The number of aliphatic hydroxyl groups is 1. The van der Waals surface area contributed by atoms with Crippen LogP contribution >= 0.6 is 0 Å². The maximum atomic E-state index is 12.1. The lowest BCUT2D eigenvalue weighted by Gasteiger charge is -2.21. The normalized spacial score (nSPS) is 14.3. The molecular weight excluding hydrogens is 332 g/mol. The van der Waals surface area contributed by atoms with Gasteiger partial charge >= 0.3 is 11.9 Å². The van der Waals surface area contributed by atoms with Crippen molar-refractivity contribution in [2.75, 3.05) is 6.61 Å². The van der Waals surface area contributed by atoms with Crippen molar-refractivity contribution in [3.63, 3.8) is 0 Å². The molecule has 1 aliphatic rings. The summed E-state index contributed by atoms with van der Waals surface area (Å²) in [7, 11) is 0. The van der Waals surface area contributed by atoms with Crippen molar-refractivity contribution in [2.24, 2.45) is 0 Å². The van der Waals surface area contributed by atoms with Crippen LogP contribution in [-0.4, -0.2) is 35.4 Å². The highest BCUT2D eigenvalue weighted by atomic mass is 16.6. The van der Waals surface area contributed by atoms with E-state index in [9.17, 15) is 14.7 Å². The number of esters is 2. The van der Waals surface area contributed by atoms with Crippen LogP contribution in [0.1, 0.15) is 37.8 Å². The highest BCUT2D eigenvalue weighted by molar-refractivity contribution is 5.97. The van der Waals surface area contributed by atoms with Crippen molar-refractivity contribution in [1.29, 1.82) is 0 Å². The molecule has 0 saturated carbocycles. The molecular formula is C21H22O5. The van der Waals surface area contributed by atoms with Gasteiger partial charge in [-0.2, -0.15) is 0 Å². The van der Waals surface area contributed by atoms with E-state index in [1.54, 1.807) is 20.8 Å². The molecule has 1 N–H and O–H groups in total. The fourth-order valence-electron chi connectivity index (χ4n) is 3.14. The van der Waals surface area contributed by atoms with E-state index in [0.717, 1.165) is 22.3 Å². The third kappa shape index (κ3) is 3.63. The first-order chi connectivity index (χ1) is 12.3. The molecule has 0 aromatic heterocycles. The number of aliphatic hydroxyl groups excluding tert-OH is 1. The van der Waals surface area contributed by atoms with Crippen LogP contribution in [0.4, 0.5) is 0 Å². The van der Waals surface area contributed by atoms with E-state index in [2.05, 4.69) is 0 Å². The van der Waals surface area contributed by atoms with Gasteiger partial charge in [-0.15, -0.1) is 0 Å². The summed E-state index contributed by atoms with van der Waals surface area (Å²) in [5.41, 5.74) is 3.55. The Morgan fingerprint density at radius 2 is 1.46 bits per heavy atom. The van der Waals surface area contributed by atoms with Crippen LogP contribution in [0.15, 0.2) is 48.5 Å². The van der Waals surface area contributed by atoms with Crippen LogP contribution in [0.5, 0.6) is 0 Å². The van der Waals surface area contributed by atoms with Gasteiger partial charge in [-0.05, 0) is 43.0 Å². The summed E-state index contributed by atoms with van der Waals surface area (Å²) in [5.74, 6) is -2.13. The monoisotopic (exact) mass is 354 g/mol. The minimum Gasteiger partial charge on any atom is -0.462 e. The number of carbonyl (C=O) groups excluding carboxylic acids is 2. The summed E-state index contributed by atoms with van der Waals surface area (Å²) < 4.78 is 10.3. The second-order valence-corrected chi connectivity index (χ2v) is 7.29. The number of benzene rings is 2. The van der Waals surface area contributed by atoms with Crippen LogP contribution in [0, 0.1) is 0 Å². The molecule has 0 amide bonds. The van der Waals surface area contributed by atoms with Crippen LogP contribution < -0.4 is 0 Å². The Hall–Kier alpha value is -2.66. The Morgan fingerprint density at radius 1 is 0.962 bits per heavy atom. The molecule has 5 heteroatoms. The molecule has 0 aliphatic heterocycles. The quantitative estimate of drug-likeness (QED) is 0.675. The van der Waals surface area contributed by atoms with E-state index in [4.69, 9.17) is 9.47 Å². The van der Waals surface area contributed by atoms with E-state index in [1.807, 2.05) is 48.5 Å². The SMILES string of the molecule is CC(C)(C)OC(=O)C(O)C(=O)OCC1c2ccccc2-c2ccccc21. The lowest BCUT2D eigenvalue weighted by Crippen LogP contribution is -2.38. The van der Waals surface area contributed by atoms with Crippen LogP contribution in [0.25, 0.3) is 11.1 Å². The molecule has 0 bridgehead atoms. The maximum Gasteiger partial charge on any atom is 0.347 e. The fourth-order valence-corrected chi connectivity index (χ4v) is 3.14. The van der Waals surface area contributed by atoms with E-state index in [-0.39, 0.29) is 12.5 Å². The van der Waals surface area contributed by atoms with E-state index in [0.29, 0.717) is 0 Å². The number of ether oxygens (including phenoxy) is 2. The summed E-state index contributed by atoms with van der Waals surface area (Å²) in [4.78, 5) is 23.9. The van der Waals surface area contributed by atoms with Gasteiger partial charge in [0.05, 0.1) is 0 Å². The van der Waals surface area contributed by atoms with Crippen molar-refractivity contribution in [3.8, 4) is 11.1 Å². The summed E-state index contributed by atoms with van der Waals surface area (Å²) in [6.07, 6.45) is -1.94. The van der Waals surface area contributed by atoms with Crippen molar-refractivity contribution in [2.45, 2.75) is 38.4 Å². The standard InChI is InChI=1S/C21H22O5/c1-21(2,3)26-20(24)18(22)19(23)25-12-17-15-10-6-4-8-13(15)14-9-5-7-11-16(14)17/h4-11,17-18,22H,12H2,1-3H3. The summed E-state index contributed by atoms with van der Waals surface area (Å²) in [6, 6.07) is 15.9. The second-order valence-electron chi connectivity index (χ2n) is 7.29. The topological polar surface area (TPSA) is 72.8 Å². The zero-order valence-corrected chi connectivity index (χ0v) is 15.1. The fraction of sp³-hybridized carbons (Fsp3) is 0.333. The van der Waals surface area contributed by atoms with Gasteiger partial charge in [0.25, 0.3) is 0 Å². The molecule has 1 atom stereocenters. The smallest absolute Gasteiger partial charge is 0.347 e. The Balaban J connectivity index is 1.72. The number of fused-ring (bicyclic) bond motifs is 3. The van der Waals surface area contributed by atoms with Crippen molar-refractivity contribution < 1.29 is 24.2 Å². The van der Waals surface area contributed by atoms with Gasteiger partial charge < -0.3 is 14.6 Å². The Bertz CT molecular complexity index is 789. The maximum absolute atomic E-state index is 12.1.